The molecule has 1 saturated heterocycles. The molecule has 0 aromatic heterocycles. The van der Waals surface area contributed by atoms with Gasteiger partial charge in [0, 0.05) is 25.4 Å². The summed E-state index contributed by atoms with van der Waals surface area (Å²) < 4.78 is 0. The topological polar surface area (TPSA) is 44.7 Å². The van der Waals surface area contributed by atoms with Gasteiger partial charge in [-0.3, -0.25) is 4.79 Å². The van der Waals surface area contributed by atoms with E-state index in [1.165, 1.54) is 25.7 Å². The zero-order chi connectivity index (χ0) is 12.5. The number of carbonyl (C=O) groups is 1. The van der Waals surface area contributed by atoms with Gasteiger partial charge in [-0.25, -0.2) is 4.99 Å². The van der Waals surface area contributed by atoms with Crippen LogP contribution < -0.4 is 5.32 Å². The van der Waals surface area contributed by atoms with Crippen LogP contribution in [0.3, 0.4) is 0 Å². The Kier molecular flexibility index (Phi) is 3.66. The van der Waals surface area contributed by atoms with Gasteiger partial charge < -0.3 is 10.2 Å². The molecule has 2 fully saturated rings. The molecule has 1 aliphatic heterocycles. The Morgan fingerprint density at radius 3 is 2.71 bits per heavy atom. The van der Waals surface area contributed by atoms with Crippen LogP contribution in [-0.2, 0) is 4.79 Å². The number of aliphatic imine (C=N–C) groups is 1. The molecule has 1 N–H and O–H groups in total. The van der Waals surface area contributed by atoms with E-state index in [4.69, 9.17) is 0 Å². The number of likely N-dealkylation sites (N-methyl/N-ethyl adjacent to an activating group) is 1. The second-order valence-corrected chi connectivity index (χ2v) is 6.21. The first kappa shape index (κ1) is 12.7. The van der Waals surface area contributed by atoms with Crippen LogP contribution in [0.15, 0.2) is 4.99 Å². The molecular formula is C12H21N3OS. The molecule has 96 valence electrons. The molecule has 17 heavy (non-hydrogen) atoms. The van der Waals surface area contributed by atoms with Gasteiger partial charge in [0.15, 0.2) is 5.17 Å². The largest absolute Gasteiger partial charge is 0.359 e. The lowest BCUT2D eigenvalue weighted by Gasteiger charge is -2.22. The highest BCUT2D eigenvalue weighted by molar-refractivity contribution is 8.14. The van der Waals surface area contributed by atoms with Gasteiger partial charge in [-0.05, 0) is 19.8 Å². The minimum absolute atomic E-state index is 0.0623. The first-order valence-electron chi connectivity index (χ1n) is 6.22. The van der Waals surface area contributed by atoms with Crippen molar-refractivity contribution in [3.8, 4) is 0 Å². The summed E-state index contributed by atoms with van der Waals surface area (Å²) in [6.07, 6.45) is 5.12. The summed E-state index contributed by atoms with van der Waals surface area (Å²) in [5, 5.41) is 4.49. The molecule has 0 aromatic rings. The van der Waals surface area contributed by atoms with Crippen LogP contribution in [0.1, 0.15) is 32.6 Å². The Bertz CT molecular complexity index is 335. The highest BCUT2D eigenvalue weighted by Gasteiger charge is 2.39. The zero-order valence-electron chi connectivity index (χ0n) is 10.8. The van der Waals surface area contributed by atoms with Crippen LogP contribution in [0.25, 0.3) is 0 Å². The summed E-state index contributed by atoms with van der Waals surface area (Å²) in [7, 11) is 3.54. The van der Waals surface area contributed by atoms with Gasteiger partial charge in [0.25, 0.3) is 0 Å². The molecule has 0 aromatic carbocycles. The van der Waals surface area contributed by atoms with Crippen LogP contribution in [0, 0.1) is 0 Å². The average molecular weight is 255 g/mol. The molecule has 0 bridgehead atoms. The van der Waals surface area contributed by atoms with Crippen molar-refractivity contribution >= 4 is 22.8 Å². The zero-order valence-corrected chi connectivity index (χ0v) is 11.6. The van der Waals surface area contributed by atoms with Gasteiger partial charge in [0.05, 0.1) is 0 Å². The van der Waals surface area contributed by atoms with E-state index in [-0.39, 0.29) is 17.5 Å². The van der Waals surface area contributed by atoms with Gasteiger partial charge in [-0.2, -0.15) is 0 Å². The van der Waals surface area contributed by atoms with Crippen molar-refractivity contribution < 1.29 is 4.79 Å². The van der Waals surface area contributed by atoms with Gasteiger partial charge in [0.1, 0.15) is 6.04 Å². The second-order valence-electron chi connectivity index (χ2n) is 5.24. The molecule has 5 heteroatoms. The van der Waals surface area contributed by atoms with Crippen molar-refractivity contribution in [3.05, 3.63) is 0 Å². The van der Waals surface area contributed by atoms with E-state index in [0.29, 0.717) is 0 Å². The Morgan fingerprint density at radius 2 is 2.12 bits per heavy atom. The molecule has 1 unspecified atom stereocenters. The Balaban J connectivity index is 1.97. The lowest BCUT2D eigenvalue weighted by atomic mass is 10.0. The number of thioether (sulfide) groups is 1. The molecule has 4 nitrogen and oxygen atoms in total. The third kappa shape index (κ3) is 2.76. The van der Waals surface area contributed by atoms with Gasteiger partial charge in [0.2, 0.25) is 5.91 Å². The number of amidine groups is 1. The Morgan fingerprint density at radius 1 is 1.47 bits per heavy atom. The number of hydrogen-bond acceptors (Lipinski definition) is 3. The van der Waals surface area contributed by atoms with Crippen molar-refractivity contribution in [1.29, 1.82) is 0 Å². The third-order valence-corrected chi connectivity index (χ3v) is 4.70. The fourth-order valence-corrected chi connectivity index (χ4v) is 3.80. The summed E-state index contributed by atoms with van der Waals surface area (Å²) in [4.78, 5) is 17.8. The average Bonchev–Trinajstić information content (AvgIpc) is 2.89. The lowest BCUT2D eigenvalue weighted by molar-refractivity contribution is -0.129. The van der Waals surface area contributed by atoms with E-state index in [9.17, 15) is 4.79 Å². The normalized spacial score (nSPS) is 26.2. The fourth-order valence-electron chi connectivity index (χ4n) is 2.50. The van der Waals surface area contributed by atoms with Crippen molar-refractivity contribution in [3.63, 3.8) is 0 Å². The highest BCUT2D eigenvalue weighted by Crippen LogP contribution is 2.37. The molecular weight excluding hydrogens is 234 g/mol. The van der Waals surface area contributed by atoms with Crippen LogP contribution in [0.4, 0.5) is 0 Å². The summed E-state index contributed by atoms with van der Waals surface area (Å²) in [6.45, 7) is 1.86. The third-order valence-electron chi connectivity index (χ3n) is 3.53. The van der Waals surface area contributed by atoms with E-state index in [2.05, 4.69) is 10.3 Å². The minimum atomic E-state index is -0.281. The van der Waals surface area contributed by atoms with Crippen LogP contribution in [0.5, 0.6) is 0 Å². The first-order valence-corrected chi connectivity index (χ1v) is 7.21. The van der Waals surface area contributed by atoms with Gasteiger partial charge in [-0.15, -0.1) is 0 Å². The van der Waals surface area contributed by atoms with Crippen molar-refractivity contribution in [1.82, 2.24) is 10.2 Å². The number of hydrogen-bond donors (Lipinski definition) is 1. The smallest absolute Gasteiger partial charge is 0.246 e. The second kappa shape index (κ2) is 4.88. The van der Waals surface area contributed by atoms with E-state index in [1.807, 2.05) is 6.92 Å². The van der Waals surface area contributed by atoms with E-state index in [1.54, 1.807) is 30.8 Å². The maximum Gasteiger partial charge on any atom is 0.246 e. The highest BCUT2D eigenvalue weighted by atomic mass is 32.2. The molecule has 1 heterocycles. The van der Waals surface area contributed by atoms with Crippen molar-refractivity contribution in [2.24, 2.45) is 4.99 Å². The van der Waals surface area contributed by atoms with Crippen molar-refractivity contribution in [2.75, 3.05) is 19.8 Å². The maximum atomic E-state index is 11.7. The summed E-state index contributed by atoms with van der Waals surface area (Å²) in [5.41, 5.74) is 0.282. The Hall–Kier alpha value is -0.710. The number of rotatable bonds is 2. The molecule has 2 aliphatic rings. The first-order chi connectivity index (χ1) is 8.02. The summed E-state index contributed by atoms with van der Waals surface area (Å²) in [5.74, 6) is 1.17. The van der Waals surface area contributed by atoms with Crippen molar-refractivity contribution in [2.45, 2.75) is 44.2 Å². The van der Waals surface area contributed by atoms with Gasteiger partial charge in [-0.1, -0.05) is 24.6 Å². The molecule has 1 saturated carbocycles. The minimum Gasteiger partial charge on any atom is -0.359 e. The molecule has 2 rings (SSSR count). The SMILES string of the molecule is CC(N=C1NC2(CCCC2)CS1)C(=O)N(C)C. The monoisotopic (exact) mass is 255 g/mol. The number of carbonyl (C=O) groups excluding carboxylic acids is 1. The molecule has 1 atom stereocenters. The summed E-state index contributed by atoms with van der Waals surface area (Å²) >= 11 is 1.76. The predicted molar refractivity (Wildman–Crippen MR) is 72.4 cm³/mol. The molecule has 1 spiro atoms. The van der Waals surface area contributed by atoms with E-state index < -0.39 is 0 Å². The predicted octanol–water partition coefficient (Wildman–Crippen LogP) is 1.47. The van der Waals surface area contributed by atoms with Crippen LogP contribution >= 0.6 is 11.8 Å². The van der Waals surface area contributed by atoms with E-state index >= 15 is 0 Å². The van der Waals surface area contributed by atoms with Crippen LogP contribution in [0.2, 0.25) is 0 Å². The van der Waals surface area contributed by atoms with Crippen LogP contribution in [-0.4, -0.2) is 47.4 Å². The molecule has 0 radical (unpaired) electrons. The standard InChI is InChI=1S/C12H21N3OS/c1-9(10(16)15(2)3)13-11-14-12(8-17-11)6-4-5-7-12/h9H,4-8H2,1-3H3,(H,13,14). The quantitative estimate of drug-likeness (QED) is 0.812. The lowest BCUT2D eigenvalue weighted by Crippen LogP contribution is -2.41. The summed E-state index contributed by atoms with van der Waals surface area (Å²) in [6, 6.07) is -0.281. The van der Waals surface area contributed by atoms with E-state index in [0.717, 1.165) is 10.9 Å². The number of nitrogens with one attached hydrogen (secondary N) is 1. The van der Waals surface area contributed by atoms with Gasteiger partial charge >= 0.3 is 0 Å². The fraction of sp³-hybridized carbons (Fsp3) is 0.833. The maximum absolute atomic E-state index is 11.7. The number of nitrogens with zero attached hydrogens (tertiary/aromatic N) is 2. The Labute approximate surface area is 107 Å². The molecule has 1 amide bonds. The number of amides is 1. The molecule has 1 aliphatic carbocycles.